The topological polar surface area (TPSA) is 43.3 Å². The second-order valence-corrected chi connectivity index (χ2v) is 6.56. The van der Waals surface area contributed by atoms with Crippen molar-refractivity contribution in [2.45, 2.75) is 32.7 Å². The van der Waals surface area contributed by atoms with Crippen LogP contribution < -0.4 is 10.1 Å². The van der Waals surface area contributed by atoms with Crippen molar-refractivity contribution >= 4 is 22.5 Å². The highest BCUT2D eigenvalue weighted by Crippen LogP contribution is 2.27. The molecule has 1 amide bonds. The highest BCUT2D eigenvalue weighted by atomic mass is 16.5. The number of hydrogen-bond acceptors (Lipinski definition) is 2. The van der Waals surface area contributed by atoms with Crippen LogP contribution in [0.25, 0.3) is 10.9 Å². The lowest BCUT2D eigenvalue weighted by atomic mass is 10.0. The fourth-order valence-corrected chi connectivity index (χ4v) is 2.99. The van der Waals surface area contributed by atoms with Crippen molar-refractivity contribution in [1.82, 2.24) is 4.57 Å². The van der Waals surface area contributed by atoms with Gasteiger partial charge >= 0.3 is 0 Å². The summed E-state index contributed by atoms with van der Waals surface area (Å²) >= 11 is 0. The molecule has 1 unspecified atom stereocenters. The standard InChI is InChI=1S/C21H24N2O2/c1-14(2)16-9-10-19-17(13-16)11-12-23(19)15(3)21(24)22-18-7-5-6-8-20(18)25-4/h5-15H,1-4H3,(H,22,24). The van der Waals surface area contributed by atoms with Gasteiger partial charge in [-0.2, -0.15) is 0 Å². The van der Waals surface area contributed by atoms with Gasteiger partial charge in [0.2, 0.25) is 5.91 Å². The molecular weight excluding hydrogens is 312 g/mol. The van der Waals surface area contributed by atoms with Crippen molar-refractivity contribution in [3.8, 4) is 5.75 Å². The van der Waals surface area contributed by atoms with Crippen LogP contribution in [0.5, 0.6) is 5.75 Å². The number of nitrogens with zero attached hydrogens (tertiary/aromatic N) is 1. The van der Waals surface area contributed by atoms with Crippen LogP contribution in [-0.4, -0.2) is 17.6 Å². The number of carbonyl (C=O) groups is 1. The average Bonchev–Trinajstić information content (AvgIpc) is 3.04. The number of fused-ring (bicyclic) bond motifs is 1. The molecule has 130 valence electrons. The summed E-state index contributed by atoms with van der Waals surface area (Å²) in [5.74, 6) is 1.07. The maximum atomic E-state index is 12.7. The van der Waals surface area contributed by atoms with E-state index < -0.39 is 0 Å². The molecule has 0 fully saturated rings. The Kier molecular flexibility index (Phi) is 4.79. The number of carbonyl (C=O) groups excluding carboxylic acids is 1. The van der Waals surface area contributed by atoms with Crippen molar-refractivity contribution < 1.29 is 9.53 Å². The minimum atomic E-state index is -0.327. The van der Waals surface area contributed by atoms with Gasteiger partial charge in [0.25, 0.3) is 0 Å². The molecule has 3 aromatic rings. The van der Waals surface area contributed by atoms with E-state index in [2.05, 4.69) is 43.4 Å². The normalized spacial score (nSPS) is 12.4. The van der Waals surface area contributed by atoms with E-state index >= 15 is 0 Å². The Balaban J connectivity index is 1.86. The molecule has 0 aliphatic rings. The molecule has 1 aromatic heterocycles. The number of para-hydroxylation sites is 2. The Morgan fingerprint density at radius 3 is 2.56 bits per heavy atom. The van der Waals surface area contributed by atoms with Crippen LogP contribution in [0.1, 0.15) is 38.3 Å². The van der Waals surface area contributed by atoms with Crippen LogP contribution in [0.15, 0.2) is 54.7 Å². The van der Waals surface area contributed by atoms with Gasteiger partial charge in [-0.25, -0.2) is 0 Å². The molecule has 0 radical (unpaired) electrons. The Bertz CT molecular complexity index is 896. The first kappa shape index (κ1) is 17.1. The van der Waals surface area contributed by atoms with E-state index in [0.717, 1.165) is 10.9 Å². The highest BCUT2D eigenvalue weighted by Gasteiger charge is 2.18. The van der Waals surface area contributed by atoms with Crippen LogP contribution in [-0.2, 0) is 4.79 Å². The number of ether oxygens (including phenoxy) is 1. The van der Waals surface area contributed by atoms with Gasteiger partial charge in [0, 0.05) is 11.7 Å². The minimum absolute atomic E-state index is 0.0741. The van der Waals surface area contributed by atoms with Gasteiger partial charge in [0.1, 0.15) is 11.8 Å². The van der Waals surface area contributed by atoms with E-state index in [-0.39, 0.29) is 11.9 Å². The first-order valence-electron chi connectivity index (χ1n) is 8.55. The summed E-state index contributed by atoms with van der Waals surface area (Å²) in [4.78, 5) is 12.7. The molecule has 1 atom stereocenters. The van der Waals surface area contributed by atoms with Crippen molar-refractivity contribution in [2.75, 3.05) is 12.4 Å². The van der Waals surface area contributed by atoms with Gasteiger partial charge < -0.3 is 14.6 Å². The van der Waals surface area contributed by atoms with E-state index in [1.807, 2.05) is 42.0 Å². The van der Waals surface area contributed by atoms with Gasteiger partial charge in [-0.15, -0.1) is 0 Å². The predicted molar refractivity (Wildman–Crippen MR) is 102 cm³/mol. The number of methoxy groups -OCH3 is 1. The number of anilines is 1. The SMILES string of the molecule is COc1ccccc1NC(=O)C(C)n1ccc2cc(C(C)C)ccc21. The molecule has 0 aliphatic carbocycles. The number of aromatic nitrogens is 1. The molecule has 0 aliphatic heterocycles. The number of hydrogen-bond donors (Lipinski definition) is 1. The van der Waals surface area contributed by atoms with E-state index in [4.69, 9.17) is 4.74 Å². The Hall–Kier alpha value is -2.75. The molecule has 1 N–H and O–H groups in total. The Morgan fingerprint density at radius 1 is 1.08 bits per heavy atom. The average molecular weight is 336 g/mol. The predicted octanol–water partition coefficient (Wildman–Crippen LogP) is 4.97. The molecule has 0 spiro atoms. The van der Waals surface area contributed by atoms with Crippen molar-refractivity contribution in [2.24, 2.45) is 0 Å². The number of nitrogens with one attached hydrogen (secondary N) is 1. The van der Waals surface area contributed by atoms with E-state index in [9.17, 15) is 4.79 Å². The van der Waals surface area contributed by atoms with E-state index in [0.29, 0.717) is 17.4 Å². The molecule has 4 heteroatoms. The first-order chi connectivity index (χ1) is 12.0. The van der Waals surface area contributed by atoms with Crippen molar-refractivity contribution in [3.05, 3.63) is 60.3 Å². The van der Waals surface area contributed by atoms with Crippen molar-refractivity contribution in [3.63, 3.8) is 0 Å². The number of rotatable bonds is 5. The lowest BCUT2D eigenvalue weighted by molar-refractivity contribution is -0.118. The molecule has 4 nitrogen and oxygen atoms in total. The molecule has 2 aromatic carbocycles. The quantitative estimate of drug-likeness (QED) is 0.714. The van der Waals surface area contributed by atoms with E-state index in [1.54, 1.807) is 7.11 Å². The zero-order valence-electron chi connectivity index (χ0n) is 15.1. The second kappa shape index (κ2) is 7.01. The maximum absolute atomic E-state index is 12.7. The number of amides is 1. The van der Waals surface area contributed by atoms with Gasteiger partial charge in [0.05, 0.1) is 12.8 Å². The third-order valence-corrected chi connectivity index (χ3v) is 4.57. The van der Waals surface area contributed by atoms with Crippen molar-refractivity contribution in [1.29, 1.82) is 0 Å². The van der Waals surface area contributed by atoms with Crippen LogP contribution in [0, 0.1) is 0 Å². The lowest BCUT2D eigenvalue weighted by Crippen LogP contribution is -2.23. The van der Waals surface area contributed by atoms with Gasteiger partial charge in [-0.3, -0.25) is 4.79 Å². The van der Waals surface area contributed by atoms with E-state index in [1.165, 1.54) is 5.56 Å². The highest BCUT2D eigenvalue weighted by molar-refractivity contribution is 5.96. The molecule has 25 heavy (non-hydrogen) atoms. The summed E-state index contributed by atoms with van der Waals surface area (Å²) in [6.45, 7) is 6.27. The Labute approximate surface area is 148 Å². The molecule has 1 heterocycles. The minimum Gasteiger partial charge on any atom is -0.495 e. The summed E-state index contributed by atoms with van der Waals surface area (Å²) in [6, 6.07) is 15.6. The third kappa shape index (κ3) is 3.38. The zero-order chi connectivity index (χ0) is 18.0. The summed E-state index contributed by atoms with van der Waals surface area (Å²) < 4.78 is 7.31. The Morgan fingerprint density at radius 2 is 1.84 bits per heavy atom. The fourth-order valence-electron chi connectivity index (χ4n) is 2.99. The molecule has 0 saturated heterocycles. The molecular formula is C21H24N2O2. The molecule has 3 rings (SSSR count). The molecule has 0 saturated carbocycles. The summed E-state index contributed by atoms with van der Waals surface area (Å²) in [6.07, 6.45) is 1.97. The van der Waals surface area contributed by atoms with Crippen LogP contribution in [0.3, 0.4) is 0 Å². The van der Waals surface area contributed by atoms with Crippen LogP contribution >= 0.6 is 0 Å². The van der Waals surface area contributed by atoms with Gasteiger partial charge in [0.15, 0.2) is 0 Å². The molecule has 0 bridgehead atoms. The first-order valence-corrected chi connectivity index (χ1v) is 8.55. The fraction of sp³-hybridized carbons (Fsp3) is 0.286. The number of benzene rings is 2. The monoisotopic (exact) mass is 336 g/mol. The summed E-state index contributed by atoms with van der Waals surface area (Å²) in [5, 5.41) is 4.11. The maximum Gasteiger partial charge on any atom is 0.247 e. The van der Waals surface area contributed by atoms with Gasteiger partial charge in [-0.1, -0.05) is 32.0 Å². The lowest BCUT2D eigenvalue weighted by Gasteiger charge is -2.17. The van der Waals surface area contributed by atoms with Crippen LogP contribution in [0.4, 0.5) is 5.69 Å². The van der Waals surface area contributed by atoms with Crippen LogP contribution in [0.2, 0.25) is 0 Å². The van der Waals surface area contributed by atoms with Gasteiger partial charge in [-0.05, 0) is 54.1 Å². The second-order valence-electron chi connectivity index (χ2n) is 6.56. The summed E-state index contributed by atoms with van der Waals surface area (Å²) in [7, 11) is 1.60. The zero-order valence-corrected chi connectivity index (χ0v) is 15.1. The smallest absolute Gasteiger partial charge is 0.247 e. The third-order valence-electron chi connectivity index (χ3n) is 4.57. The summed E-state index contributed by atoms with van der Waals surface area (Å²) in [5.41, 5.74) is 3.05. The largest absolute Gasteiger partial charge is 0.495 e.